The number of carbonyl (C=O) groups is 1. The summed E-state index contributed by atoms with van der Waals surface area (Å²) in [5, 5.41) is 0. The molecule has 3 aliphatic rings. The van der Waals surface area contributed by atoms with Crippen LogP contribution in [0.1, 0.15) is 52.9 Å². The molecule has 0 radical (unpaired) electrons. The fourth-order valence-corrected chi connectivity index (χ4v) is 3.63. The summed E-state index contributed by atoms with van der Waals surface area (Å²) < 4.78 is 5.50. The van der Waals surface area contributed by atoms with Gasteiger partial charge in [0.15, 0.2) is 0 Å². The molecule has 3 fully saturated rings. The van der Waals surface area contributed by atoms with Gasteiger partial charge in [-0.15, -0.1) is 0 Å². The third-order valence-electron chi connectivity index (χ3n) is 5.01. The molecule has 1 amide bonds. The molecule has 2 saturated heterocycles. The number of piperidine rings is 1. The highest BCUT2D eigenvalue weighted by atomic mass is 16.6. The summed E-state index contributed by atoms with van der Waals surface area (Å²) in [5.74, 6) is 0. The van der Waals surface area contributed by atoms with Gasteiger partial charge < -0.3 is 14.5 Å². The number of amides is 1. The van der Waals surface area contributed by atoms with Crippen molar-refractivity contribution in [3.63, 3.8) is 0 Å². The summed E-state index contributed by atoms with van der Waals surface area (Å²) in [5.41, 5.74) is -0.00946. The predicted octanol–water partition coefficient (Wildman–Crippen LogP) is 2.87. The van der Waals surface area contributed by atoms with Gasteiger partial charge in [0.1, 0.15) is 5.60 Å². The number of nitrogens with zero attached hydrogens (tertiary/aromatic N) is 2. The summed E-state index contributed by atoms with van der Waals surface area (Å²) in [4.78, 5) is 16.7. The number of likely N-dealkylation sites (tertiary alicyclic amines) is 2. The van der Waals surface area contributed by atoms with Crippen LogP contribution in [0.25, 0.3) is 0 Å². The van der Waals surface area contributed by atoms with Crippen LogP contribution in [0.3, 0.4) is 0 Å². The summed E-state index contributed by atoms with van der Waals surface area (Å²) in [6.45, 7) is 10.0. The van der Waals surface area contributed by atoms with Gasteiger partial charge in [-0.05, 0) is 71.4 Å². The minimum absolute atomic E-state index is 0.126. The topological polar surface area (TPSA) is 32.8 Å². The van der Waals surface area contributed by atoms with E-state index in [0.29, 0.717) is 5.41 Å². The molecular formula is C16H28N2O2. The number of carbonyl (C=O) groups excluding carboxylic acids is 1. The van der Waals surface area contributed by atoms with Gasteiger partial charge in [-0.3, -0.25) is 0 Å². The third kappa shape index (κ3) is 3.11. The molecule has 0 aromatic heterocycles. The Morgan fingerprint density at radius 2 is 1.70 bits per heavy atom. The molecule has 1 spiro atoms. The zero-order valence-corrected chi connectivity index (χ0v) is 13.2. The molecule has 0 unspecified atom stereocenters. The van der Waals surface area contributed by atoms with Gasteiger partial charge in [0.2, 0.25) is 0 Å². The zero-order valence-electron chi connectivity index (χ0n) is 13.2. The summed E-state index contributed by atoms with van der Waals surface area (Å²) in [7, 11) is 0. The van der Waals surface area contributed by atoms with Crippen molar-refractivity contribution in [3.05, 3.63) is 0 Å². The summed E-state index contributed by atoms with van der Waals surface area (Å²) in [6.07, 6.45) is 6.34. The second-order valence-corrected chi connectivity index (χ2v) is 7.92. The van der Waals surface area contributed by atoms with Crippen LogP contribution in [-0.4, -0.2) is 53.7 Å². The Kier molecular flexibility index (Phi) is 3.47. The predicted molar refractivity (Wildman–Crippen MR) is 78.7 cm³/mol. The molecular weight excluding hydrogens is 252 g/mol. The molecule has 2 heterocycles. The highest BCUT2D eigenvalue weighted by Gasteiger charge is 2.44. The lowest BCUT2D eigenvalue weighted by atomic mass is 9.78. The third-order valence-corrected chi connectivity index (χ3v) is 5.01. The Morgan fingerprint density at radius 1 is 1.10 bits per heavy atom. The van der Waals surface area contributed by atoms with E-state index in [1.165, 1.54) is 38.8 Å². The number of hydrogen-bond acceptors (Lipinski definition) is 3. The van der Waals surface area contributed by atoms with Crippen molar-refractivity contribution < 1.29 is 9.53 Å². The minimum Gasteiger partial charge on any atom is -0.444 e. The minimum atomic E-state index is -0.387. The van der Waals surface area contributed by atoms with Gasteiger partial charge in [0.25, 0.3) is 0 Å². The van der Waals surface area contributed by atoms with Crippen molar-refractivity contribution in [1.82, 2.24) is 9.80 Å². The molecule has 0 aromatic carbocycles. The van der Waals surface area contributed by atoms with Crippen LogP contribution in [0.2, 0.25) is 0 Å². The van der Waals surface area contributed by atoms with E-state index >= 15 is 0 Å². The monoisotopic (exact) mass is 280 g/mol. The Morgan fingerprint density at radius 3 is 2.25 bits per heavy atom. The summed E-state index contributed by atoms with van der Waals surface area (Å²) >= 11 is 0. The Balaban J connectivity index is 1.52. The van der Waals surface area contributed by atoms with Gasteiger partial charge >= 0.3 is 6.09 Å². The largest absolute Gasteiger partial charge is 0.444 e. The van der Waals surface area contributed by atoms with Crippen LogP contribution in [0.5, 0.6) is 0 Å². The second kappa shape index (κ2) is 4.90. The maximum absolute atomic E-state index is 12.2. The van der Waals surface area contributed by atoms with Crippen LogP contribution in [-0.2, 0) is 4.74 Å². The van der Waals surface area contributed by atoms with Crippen LogP contribution in [0.15, 0.2) is 0 Å². The highest BCUT2D eigenvalue weighted by Crippen LogP contribution is 2.43. The van der Waals surface area contributed by atoms with E-state index in [2.05, 4.69) is 4.90 Å². The molecule has 1 saturated carbocycles. The molecule has 0 bridgehead atoms. The quantitative estimate of drug-likeness (QED) is 0.740. The average molecular weight is 280 g/mol. The van der Waals surface area contributed by atoms with Crippen LogP contribution >= 0.6 is 0 Å². The molecule has 4 nitrogen and oxygen atoms in total. The molecule has 0 N–H and O–H groups in total. The molecule has 0 atom stereocenters. The van der Waals surface area contributed by atoms with E-state index in [1.54, 1.807) is 0 Å². The first kappa shape index (κ1) is 14.2. The van der Waals surface area contributed by atoms with E-state index in [4.69, 9.17) is 4.74 Å². The first-order valence-electron chi connectivity index (χ1n) is 8.09. The number of hydrogen-bond donors (Lipinski definition) is 0. The molecule has 1 aliphatic carbocycles. The van der Waals surface area contributed by atoms with Gasteiger partial charge in [0.05, 0.1) is 0 Å². The number of rotatable bonds is 1. The maximum Gasteiger partial charge on any atom is 0.410 e. The lowest BCUT2D eigenvalue weighted by Crippen LogP contribution is -2.43. The van der Waals surface area contributed by atoms with Gasteiger partial charge in [0, 0.05) is 19.1 Å². The van der Waals surface area contributed by atoms with Crippen molar-refractivity contribution in [2.24, 2.45) is 5.41 Å². The Labute approximate surface area is 122 Å². The van der Waals surface area contributed by atoms with E-state index in [9.17, 15) is 4.79 Å². The molecule has 2 aliphatic heterocycles. The molecule has 114 valence electrons. The standard InChI is InChI=1S/C16H28N2O2/c1-15(2,3)20-14(19)18-11-8-16(12-18)6-9-17(10-7-16)13-4-5-13/h13H,4-12H2,1-3H3. The van der Waals surface area contributed by atoms with Crippen molar-refractivity contribution in [1.29, 1.82) is 0 Å². The van der Waals surface area contributed by atoms with E-state index in [1.807, 2.05) is 25.7 Å². The SMILES string of the molecule is CC(C)(C)OC(=O)N1CCC2(CCN(C3CC3)CC2)C1. The van der Waals surface area contributed by atoms with Crippen LogP contribution < -0.4 is 0 Å². The van der Waals surface area contributed by atoms with Crippen molar-refractivity contribution >= 4 is 6.09 Å². The van der Waals surface area contributed by atoms with Gasteiger partial charge in [-0.25, -0.2) is 4.79 Å². The van der Waals surface area contributed by atoms with Gasteiger partial charge in [-0.2, -0.15) is 0 Å². The van der Waals surface area contributed by atoms with Crippen LogP contribution in [0.4, 0.5) is 4.79 Å². The van der Waals surface area contributed by atoms with E-state index < -0.39 is 0 Å². The molecule has 3 rings (SSSR count). The van der Waals surface area contributed by atoms with Gasteiger partial charge in [-0.1, -0.05) is 0 Å². The van der Waals surface area contributed by atoms with Crippen molar-refractivity contribution in [2.45, 2.75) is 64.5 Å². The fourth-order valence-electron chi connectivity index (χ4n) is 3.63. The second-order valence-electron chi connectivity index (χ2n) is 7.92. The lowest BCUT2D eigenvalue weighted by molar-refractivity contribution is 0.0245. The maximum atomic E-state index is 12.2. The number of ether oxygens (including phenoxy) is 1. The van der Waals surface area contributed by atoms with E-state index in [-0.39, 0.29) is 11.7 Å². The zero-order chi connectivity index (χ0) is 14.4. The van der Waals surface area contributed by atoms with E-state index in [0.717, 1.165) is 25.6 Å². The van der Waals surface area contributed by atoms with Crippen LogP contribution in [0, 0.1) is 5.41 Å². The van der Waals surface area contributed by atoms with Crippen molar-refractivity contribution in [3.8, 4) is 0 Å². The first-order chi connectivity index (χ1) is 9.37. The smallest absolute Gasteiger partial charge is 0.410 e. The highest BCUT2D eigenvalue weighted by molar-refractivity contribution is 5.68. The van der Waals surface area contributed by atoms with Crippen molar-refractivity contribution in [2.75, 3.05) is 26.2 Å². The average Bonchev–Trinajstić information content (AvgIpc) is 3.11. The molecule has 4 heteroatoms. The molecule has 0 aromatic rings. The summed E-state index contributed by atoms with van der Waals surface area (Å²) in [6, 6.07) is 0.885. The fraction of sp³-hybridized carbons (Fsp3) is 0.938. The molecule has 20 heavy (non-hydrogen) atoms. The Hall–Kier alpha value is -0.770. The first-order valence-corrected chi connectivity index (χ1v) is 8.09. The lowest BCUT2D eigenvalue weighted by Gasteiger charge is -2.39. The Bertz CT molecular complexity index is 376. The normalized spacial score (nSPS) is 27.1.